The minimum absolute atomic E-state index is 0.0257. The van der Waals surface area contributed by atoms with Gasteiger partial charge in [-0.3, -0.25) is 19.2 Å². The quantitative estimate of drug-likeness (QED) is 0.155. The Kier molecular flexibility index (Phi) is 20.1. The molecule has 12 nitrogen and oxygen atoms in total. The van der Waals surface area contributed by atoms with E-state index in [2.05, 4.69) is 0 Å². The normalized spacial score (nSPS) is 40.1. The predicted octanol–water partition coefficient (Wildman–Crippen LogP) is 8.17. The molecule has 2 bridgehead atoms. The van der Waals surface area contributed by atoms with Gasteiger partial charge in [-0.15, -0.1) is 0 Å². The van der Waals surface area contributed by atoms with Gasteiger partial charge in [-0.1, -0.05) is 90.5 Å². The second-order valence-corrected chi connectivity index (χ2v) is 20.6. The molecule has 0 spiro atoms. The summed E-state index contributed by atoms with van der Waals surface area (Å²) < 4.78 is 40.5. The second-order valence-electron chi connectivity index (χ2n) is 20.6. The summed E-state index contributed by atoms with van der Waals surface area (Å²) in [4.78, 5) is 71.6. The largest absolute Gasteiger partial charge is 0.460 e. The summed E-state index contributed by atoms with van der Waals surface area (Å²) in [5, 5.41) is 21.9. The second kappa shape index (κ2) is 24.1. The van der Waals surface area contributed by atoms with E-state index in [1.807, 2.05) is 71.9 Å². The monoisotopic (exact) mass is 914 g/mol. The standard InChI is InChI=1S/C52H80FNO11/c1-31-17-13-12-14-18-36(6)51(8,9)30-39-22-20-37(7)52(53,65-39)48(59)49(60)54-24-16-15-19-40(54)50(61)64-43(33(3)27-38-21-23-41(55)44(28-38)62-10)29-42(56)32(2)26-35(5)46(58)47(63-11)45(57)34(4)25-31/h12-14,17-18,26,31-34,37-41,43-44,46-47,55,58H,15-16,19-25,27-30H2,1-11H3/b14-12+,17-13+,35-26+,36-18+/t31-,32-,33-,34-,37-,38?,39+,40?,41-,43+,44-,46-,47+,52?/m1/s1. The highest BCUT2D eigenvalue weighted by atomic mass is 19.2. The van der Waals surface area contributed by atoms with E-state index in [1.54, 1.807) is 34.0 Å². The number of aliphatic hydroxyl groups is 2. The predicted molar refractivity (Wildman–Crippen MR) is 247 cm³/mol. The van der Waals surface area contributed by atoms with E-state index in [4.69, 9.17) is 18.9 Å². The van der Waals surface area contributed by atoms with E-state index >= 15 is 4.39 Å². The van der Waals surface area contributed by atoms with E-state index < -0.39 is 83.2 Å². The van der Waals surface area contributed by atoms with Crippen LogP contribution in [-0.2, 0) is 42.9 Å². The Balaban J connectivity index is 1.71. The lowest BCUT2D eigenvalue weighted by atomic mass is 9.77. The fraction of sp³-hybridized carbons (Fsp3) is 0.750. The molecule has 3 aliphatic heterocycles. The number of ether oxygens (including phenoxy) is 4. The molecule has 14 atom stereocenters. The van der Waals surface area contributed by atoms with Crippen molar-refractivity contribution in [2.24, 2.45) is 40.9 Å². The van der Waals surface area contributed by atoms with Gasteiger partial charge in [0.15, 0.2) is 5.78 Å². The van der Waals surface area contributed by atoms with Crippen molar-refractivity contribution in [3.05, 3.63) is 47.6 Å². The minimum Gasteiger partial charge on any atom is -0.460 e. The molecule has 65 heavy (non-hydrogen) atoms. The molecule has 2 N–H and O–H groups in total. The summed E-state index contributed by atoms with van der Waals surface area (Å²) in [7, 11) is 2.94. The summed E-state index contributed by atoms with van der Waals surface area (Å²) in [5.41, 5.74) is 0.941. The van der Waals surface area contributed by atoms with Crippen LogP contribution in [0.3, 0.4) is 0 Å². The van der Waals surface area contributed by atoms with Crippen LogP contribution < -0.4 is 0 Å². The van der Waals surface area contributed by atoms with Gasteiger partial charge in [-0.2, -0.15) is 0 Å². The average molecular weight is 914 g/mol. The lowest BCUT2D eigenvalue weighted by Gasteiger charge is -2.42. The number of ketones is 3. The van der Waals surface area contributed by atoms with Crippen LogP contribution in [0.5, 0.6) is 0 Å². The number of nitrogens with zero attached hydrogens (tertiary/aromatic N) is 1. The Labute approximate surface area is 387 Å². The number of amides is 1. The number of halogens is 1. The third-order valence-electron chi connectivity index (χ3n) is 14.9. The Morgan fingerprint density at radius 3 is 2.29 bits per heavy atom. The Morgan fingerprint density at radius 2 is 1.62 bits per heavy atom. The number of hydrogen-bond donors (Lipinski definition) is 2. The van der Waals surface area contributed by atoms with Gasteiger partial charge in [0.25, 0.3) is 17.5 Å². The molecule has 366 valence electrons. The molecule has 2 saturated heterocycles. The fourth-order valence-corrected chi connectivity index (χ4v) is 10.2. The Hall–Kier alpha value is -3.36. The molecule has 3 heterocycles. The molecule has 0 radical (unpaired) electrons. The number of cyclic esters (lactones) is 1. The number of methoxy groups -OCH3 is 2. The Bertz CT molecular complexity index is 1790. The van der Waals surface area contributed by atoms with Gasteiger partial charge in [0, 0.05) is 44.9 Å². The van der Waals surface area contributed by atoms with Crippen LogP contribution in [0.4, 0.5) is 4.39 Å². The molecule has 1 aliphatic carbocycles. The van der Waals surface area contributed by atoms with E-state index in [0.29, 0.717) is 69.8 Å². The van der Waals surface area contributed by atoms with Crippen molar-refractivity contribution in [1.29, 1.82) is 0 Å². The van der Waals surface area contributed by atoms with Crippen LogP contribution in [0.1, 0.15) is 139 Å². The van der Waals surface area contributed by atoms with Gasteiger partial charge in [0.05, 0.1) is 18.3 Å². The van der Waals surface area contributed by atoms with Crippen molar-refractivity contribution in [2.75, 3.05) is 20.8 Å². The first-order chi connectivity index (χ1) is 30.5. The zero-order valence-corrected chi connectivity index (χ0v) is 41.1. The number of allylic oxidation sites excluding steroid dienone is 7. The number of hydrogen-bond acceptors (Lipinski definition) is 11. The van der Waals surface area contributed by atoms with Gasteiger partial charge in [0.2, 0.25) is 0 Å². The van der Waals surface area contributed by atoms with Crippen molar-refractivity contribution >= 4 is 29.2 Å². The van der Waals surface area contributed by atoms with Gasteiger partial charge in [0.1, 0.15) is 30.1 Å². The molecule has 0 aromatic heterocycles. The van der Waals surface area contributed by atoms with Gasteiger partial charge >= 0.3 is 5.97 Å². The number of rotatable bonds is 5. The molecular formula is C52H80FNO11. The van der Waals surface area contributed by atoms with Crippen LogP contribution in [0.2, 0.25) is 0 Å². The van der Waals surface area contributed by atoms with E-state index in [-0.39, 0.29) is 54.8 Å². The smallest absolute Gasteiger partial charge is 0.329 e. The zero-order chi connectivity index (χ0) is 48.4. The lowest BCUT2D eigenvalue weighted by molar-refractivity contribution is -0.231. The maximum Gasteiger partial charge on any atom is 0.329 e. The number of Topliss-reactive ketones (excluding diaryl/α,β-unsaturated/α-hetero) is 3. The van der Waals surface area contributed by atoms with E-state index in [9.17, 15) is 34.2 Å². The highest BCUT2D eigenvalue weighted by Gasteiger charge is 2.55. The number of aliphatic hydroxyl groups excluding tert-OH is 2. The molecule has 0 aromatic rings. The fourth-order valence-electron chi connectivity index (χ4n) is 10.2. The molecular weight excluding hydrogens is 834 g/mol. The van der Waals surface area contributed by atoms with Crippen LogP contribution in [0.25, 0.3) is 0 Å². The van der Waals surface area contributed by atoms with Crippen molar-refractivity contribution in [3.63, 3.8) is 0 Å². The summed E-state index contributed by atoms with van der Waals surface area (Å²) >= 11 is 0. The molecule has 0 aromatic carbocycles. The average Bonchev–Trinajstić information content (AvgIpc) is 3.26. The highest BCUT2D eigenvalue weighted by Crippen LogP contribution is 2.43. The van der Waals surface area contributed by atoms with E-state index in [0.717, 1.165) is 10.5 Å². The topological polar surface area (TPSA) is 166 Å². The highest BCUT2D eigenvalue weighted by molar-refractivity contribution is 6.39. The summed E-state index contributed by atoms with van der Waals surface area (Å²) in [6.45, 7) is 16.7. The molecule has 3 fully saturated rings. The number of carbonyl (C=O) groups excluding carboxylic acids is 5. The van der Waals surface area contributed by atoms with Crippen LogP contribution >= 0.6 is 0 Å². The first kappa shape index (κ1) is 54.2. The third-order valence-corrected chi connectivity index (χ3v) is 14.9. The van der Waals surface area contributed by atoms with Gasteiger partial charge < -0.3 is 34.1 Å². The zero-order valence-electron chi connectivity index (χ0n) is 41.1. The number of carbonyl (C=O) groups is 5. The van der Waals surface area contributed by atoms with E-state index in [1.165, 1.54) is 7.11 Å². The first-order valence-corrected chi connectivity index (χ1v) is 24.2. The SMILES string of the molecule is CO[C@@H]1CC(C[C@@H](C)[C@@H]2CC(=O)[C@H](C)/C=C(\C)[C@@H](O)[C@@H](OC)C(=O)[C@H](C)C[C@H](C)/C=C/C=C/C=C(\C)C(C)(C)C[C@@H]3CC[C@@H](C)C(F)(O3)C(=O)C(=O)N3CCCCC3C(=O)O2)CC[C@H]1O. The van der Waals surface area contributed by atoms with Gasteiger partial charge in [-0.25, -0.2) is 9.18 Å². The van der Waals surface area contributed by atoms with Crippen LogP contribution in [-0.4, -0.2) is 114 Å². The maximum absolute atomic E-state index is 17.1. The van der Waals surface area contributed by atoms with Crippen molar-refractivity contribution < 1.29 is 57.5 Å². The van der Waals surface area contributed by atoms with Crippen molar-refractivity contribution in [3.8, 4) is 0 Å². The number of esters is 1. The number of fused-ring (bicyclic) bond motifs is 3. The summed E-state index contributed by atoms with van der Waals surface area (Å²) in [6.07, 6.45) is 11.6. The van der Waals surface area contributed by atoms with Crippen molar-refractivity contribution in [2.45, 2.75) is 188 Å². The molecule has 3 unspecified atom stereocenters. The molecule has 4 aliphatic rings. The number of alkyl halides is 1. The van der Waals surface area contributed by atoms with Gasteiger partial charge in [-0.05, 0) is 113 Å². The lowest BCUT2D eigenvalue weighted by Crippen LogP contribution is -2.59. The molecule has 1 amide bonds. The first-order valence-electron chi connectivity index (χ1n) is 24.2. The Morgan fingerprint density at radius 1 is 0.908 bits per heavy atom. The van der Waals surface area contributed by atoms with Crippen LogP contribution in [0.15, 0.2) is 47.6 Å². The maximum atomic E-state index is 17.1. The van der Waals surface area contributed by atoms with Crippen LogP contribution in [0, 0.1) is 40.9 Å². The summed E-state index contributed by atoms with van der Waals surface area (Å²) in [6, 6.07) is -1.18. The minimum atomic E-state index is -2.89. The number of piperidine rings is 1. The van der Waals surface area contributed by atoms with Crippen molar-refractivity contribution in [1.82, 2.24) is 4.90 Å². The molecule has 13 heteroatoms. The summed E-state index contributed by atoms with van der Waals surface area (Å²) in [5.74, 6) is -8.96. The molecule has 4 rings (SSSR count). The molecule has 1 saturated carbocycles. The third kappa shape index (κ3) is 14.1.